The van der Waals surface area contributed by atoms with Crippen molar-refractivity contribution in [1.29, 1.82) is 0 Å². The summed E-state index contributed by atoms with van der Waals surface area (Å²) in [5.41, 5.74) is 3.24. The van der Waals surface area contributed by atoms with E-state index < -0.39 is 0 Å². The monoisotopic (exact) mass is 177 g/mol. The van der Waals surface area contributed by atoms with Crippen molar-refractivity contribution in [2.45, 2.75) is 20.8 Å². The Labute approximate surface area is 78.6 Å². The minimum Gasteiger partial charge on any atom is -0.290 e. The summed E-state index contributed by atoms with van der Waals surface area (Å²) in [5, 5.41) is 6.81. The van der Waals surface area contributed by atoms with E-state index in [4.69, 9.17) is 0 Å². The van der Waals surface area contributed by atoms with E-state index in [2.05, 4.69) is 15.2 Å². The van der Waals surface area contributed by atoms with Crippen LogP contribution in [0.3, 0.4) is 0 Å². The molecule has 0 radical (unpaired) electrons. The Kier molecular flexibility index (Phi) is 3.43. The number of aliphatic imine (C=N–C) groups is 1. The summed E-state index contributed by atoms with van der Waals surface area (Å²) in [6.45, 7) is 6.86. The molecular formula is C10H15N3. The van der Waals surface area contributed by atoms with Gasteiger partial charge in [0, 0.05) is 23.5 Å². The van der Waals surface area contributed by atoms with Gasteiger partial charge in [0.25, 0.3) is 0 Å². The van der Waals surface area contributed by atoms with Gasteiger partial charge < -0.3 is 0 Å². The molecule has 0 aliphatic carbocycles. The number of nitrogens with zero attached hydrogens (tertiary/aromatic N) is 2. The topological polar surface area (TPSA) is 41.0 Å². The van der Waals surface area contributed by atoms with Crippen molar-refractivity contribution < 1.29 is 0 Å². The van der Waals surface area contributed by atoms with Crippen LogP contribution in [0.2, 0.25) is 0 Å². The van der Waals surface area contributed by atoms with E-state index >= 15 is 0 Å². The Morgan fingerprint density at radius 2 is 2.46 bits per heavy atom. The fourth-order valence-electron chi connectivity index (χ4n) is 1.04. The quantitative estimate of drug-likeness (QED) is 0.706. The molecule has 0 spiro atoms. The normalized spacial score (nSPS) is 12.7. The van der Waals surface area contributed by atoms with E-state index in [0.29, 0.717) is 0 Å². The maximum Gasteiger partial charge on any atom is 0.0562 e. The summed E-state index contributed by atoms with van der Waals surface area (Å²) in [5.74, 6) is 0. The molecule has 0 aromatic carbocycles. The molecule has 0 bridgehead atoms. The molecule has 0 fully saturated rings. The summed E-state index contributed by atoms with van der Waals surface area (Å²) in [4.78, 5) is 4.25. The molecule has 0 saturated heterocycles. The van der Waals surface area contributed by atoms with Gasteiger partial charge in [0.15, 0.2) is 0 Å². The molecule has 3 nitrogen and oxygen atoms in total. The van der Waals surface area contributed by atoms with Crippen LogP contribution in [-0.2, 0) is 0 Å². The molecule has 0 amide bonds. The number of H-pyrrole nitrogens is 1. The molecule has 0 atom stereocenters. The van der Waals surface area contributed by atoms with Gasteiger partial charge in [-0.2, -0.15) is 5.10 Å². The van der Waals surface area contributed by atoms with Crippen LogP contribution in [0.15, 0.2) is 17.3 Å². The first-order valence-electron chi connectivity index (χ1n) is 4.43. The predicted octanol–water partition coefficient (Wildman–Crippen LogP) is 2.21. The highest BCUT2D eigenvalue weighted by Gasteiger charge is 1.93. The lowest BCUT2D eigenvalue weighted by Crippen LogP contribution is -1.85. The fraction of sp³-hybridized carbons (Fsp3) is 0.400. The minimum atomic E-state index is 0.834. The lowest BCUT2D eigenvalue weighted by molar-refractivity contribution is 1.05. The number of aromatic amines is 1. The average molecular weight is 177 g/mol. The second-order valence-electron chi connectivity index (χ2n) is 2.90. The highest BCUT2D eigenvalue weighted by atomic mass is 15.1. The van der Waals surface area contributed by atoms with Crippen molar-refractivity contribution in [3.8, 4) is 0 Å². The maximum atomic E-state index is 4.25. The van der Waals surface area contributed by atoms with Crippen molar-refractivity contribution in [1.82, 2.24) is 10.2 Å². The molecule has 3 heteroatoms. The van der Waals surface area contributed by atoms with Crippen molar-refractivity contribution >= 4 is 11.8 Å². The Morgan fingerprint density at radius 3 is 3.00 bits per heavy atom. The van der Waals surface area contributed by atoms with Crippen LogP contribution in [-0.4, -0.2) is 22.5 Å². The zero-order valence-corrected chi connectivity index (χ0v) is 8.33. The number of aryl methyl sites for hydroxylation is 1. The smallest absolute Gasteiger partial charge is 0.0562 e. The second kappa shape index (κ2) is 4.60. The van der Waals surface area contributed by atoms with Crippen LogP contribution in [0.4, 0.5) is 0 Å². The summed E-state index contributed by atoms with van der Waals surface area (Å²) in [6, 6.07) is 0. The highest BCUT2D eigenvalue weighted by molar-refractivity contribution is 5.96. The Hall–Kier alpha value is -1.38. The van der Waals surface area contributed by atoms with E-state index in [1.54, 1.807) is 0 Å². The summed E-state index contributed by atoms with van der Waals surface area (Å²) in [7, 11) is 0. The summed E-state index contributed by atoms with van der Waals surface area (Å²) in [6.07, 6.45) is 5.83. The van der Waals surface area contributed by atoms with Crippen molar-refractivity contribution in [3.05, 3.63) is 23.5 Å². The number of hydrogen-bond donors (Lipinski definition) is 1. The van der Waals surface area contributed by atoms with Gasteiger partial charge in [-0.15, -0.1) is 0 Å². The lowest BCUT2D eigenvalue weighted by atomic mass is 10.2. The highest BCUT2D eigenvalue weighted by Crippen LogP contribution is 2.04. The van der Waals surface area contributed by atoms with Crippen LogP contribution in [0.5, 0.6) is 0 Å². The molecule has 0 aliphatic heterocycles. The van der Waals surface area contributed by atoms with Crippen LogP contribution in [0.1, 0.15) is 25.1 Å². The first-order valence-corrected chi connectivity index (χ1v) is 4.43. The van der Waals surface area contributed by atoms with Gasteiger partial charge >= 0.3 is 0 Å². The molecule has 1 N–H and O–H groups in total. The molecule has 1 heterocycles. The Morgan fingerprint density at radius 1 is 1.69 bits per heavy atom. The molecule has 1 aromatic heterocycles. The largest absolute Gasteiger partial charge is 0.290 e. The van der Waals surface area contributed by atoms with Gasteiger partial charge in [0.05, 0.1) is 6.20 Å². The van der Waals surface area contributed by atoms with Gasteiger partial charge in [-0.05, 0) is 32.9 Å². The van der Waals surface area contributed by atoms with Gasteiger partial charge in [-0.1, -0.05) is 0 Å². The molecule has 1 rings (SSSR count). The zero-order valence-electron chi connectivity index (χ0n) is 8.33. The van der Waals surface area contributed by atoms with Gasteiger partial charge in [-0.25, -0.2) is 0 Å². The first kappa shape index (κ1) is 9.71. The van der Waals surface area contributed by atoms with Crippen LogP contribution in [0, 0.1) is 6.92 Å². The maximum absolute atomic E-state index is 4.25. The standard InChI is InChI=1S/C10H15N3/c1-4-11-8(2)5-6-10-7-12-13-9(10)3/h5-7H,4H2,1-3H3,(H,12,13)/b6-5-,11-8?. The van der Waals surface area contributed by atoms with Crippen LogP contribution < -0.4 is 0 Å². The van der Waals surface area contributed by atoms with Gasteiger partial charge in [-0.3, -0.25) is 10.1 Å². The molecule has 13 heavy (non-hydrogen) atoms. The van der Waals surface area contributed by atoms with Crippen molar-refractivity contribution in [2.24, 2.45) is 4.99 Å². The minimum absolute atomic E-state index is 0.834. The third-order valence-corrected chi connectivity index (χ3v) is 1.78. The summed E-state index contributed by atoms with van der Waals surface area (Å²) >= 11 is 0. The SMILES string of the molecule is CCN=C(C)/C=C\c1cn[nH]c1C. The second-order valence-corrected chi connectivity index (χ2v) is 2.90. The van der Waals surface area contributed by atoms with Crippen molar-refractivity contribution in [2.75, 3.05) is 6.54 Å². The van der Waals surface area contributed by atoms with Gasteiger partial charge in [0.1, 0.15) is 0 Å². The van der Waals surface area contributed by atoms with E-state index in [0.717, 1.165) is 23.5 Å². The van der Waals surface area contributed by atoms with Crippen molar-refractivity contribution in [3.63, 3.8) is 0 Å². The first-order chi connectivity index (χ1) is 6.24. The molecule has 0 saturated carbocycles. The zero-order chi connectivity index (χ0) is 9.68. The summed E-state index contributed by atoms with van der Waals surface area (Å²) < 4.78 is 0. The van der Waals surface area contributed by atoms with E-state index in [1.807, 2.05) is 39.1 Å². The Bertz CT molecular complexity index is 321. The molecule has 70 valence electrons. The third kappa shape index (κ3) is 2.86. The number of allylic oxidation sites excluding steroid dienone is 1. The molecular weight excluding hydrogens is 162 g/mol. The molecule has 0 unspecified atom stereocenters. The third-order valence-electron chi connectivity index (χ3n) is 1.78. The fourth-order valence-corrected chi connectivity index (χ4v) is 1.04. The van der Waals surface area contributed by atoms with Gasteiger partial charge in [0.2, 0.25) is 0 Å². The molecule has 0 aliphatic rings. The van der Waals surface area contributed by atoms with E-state index in [9.17, 15) is 0 Å². The van der Waals surface area contributed by atoms with Crippen LogP contribution in [0.25, 0.3) is 6.08 Å². The Balaban J connectivity index is 2.69. The number of nitrogens with one attached hydrogen (secondary N) is 1. The molecule has 1 aromatic rings. The number of rotatable bonds is 3. The predicted molar refractivity (Wildman–Crippen MR) is 56.0 cm³/mol. The number of aromatic nitrogens is 2. The van der Waals surface area contributed by atoms with E-state index in [-0.39, 0.29) is 0 Å². The average Bonchev–Trinajstić information content (AvgIpc) is 2.48. The number of hydrogen-bond acceptors (Lipinski definition) is 2. The lowest BCUT2D eigenvalue weighted by Gasteiger charge is -1.90. The van der Waals surface area contributed by atoms with E-state index in [1.165, 1.54) is 0 Å². The van der Waals surface area contributed by atoms with Crippen LogP contribution >= 0.6 is 0 Å².